The van der Waals surface area contributed by atoms with Crippen LogP contribution >= 0.6 is 0 Å². The fraction of sp³-hybridized carbons (Fsp3) is 0.789. The van der Waals surface area contributed by atoms with E-state index in [-0.39, 0.29) is 12.4 Å². The fourth-order valence-electron chi connectivity index (χ4n) is 5.31. The van der Waals surface area contributed by atoms with E-state index < -0.39 is 0 Å². The van der Waals surface area contributed by atoms with Crippen LogP contribution in [0.4, 0.5) is 0 Å². The molecule has 22 heavy (non-hydrogen) atoms. The Hall–Kier alpha value is -0.640. The Morgan fingerprint density at radius 2 is 2.09 bits per heavy atom. The normalized spacial score (nSPS) is 44.2. The van der Waals surface area contributed by atoms with Gasteiger partial charge < -0.3 is 14.6 Å². The van der Waals surface area contributed by atoms with Crippen molar-refractivity contribution in [2.75, 3.05) is 13.2 Å². The molecule has 0 aromatic heterocycles. The van der Waals surface area contributed by atoms with Crippen LogP contribution in [0.3, 0.4) is 0 Å². The van der Waals surface area contributed by atoms with Crippen molar-refractivity contribution in [2.45, 2.75) is 64.3 Å². The van der Waals surface area contributed by atoms with E-state index in [9.17, 15) is 5.11 Å². The maximum Gasteiger partial charge on any atom is 0.157 e. The van der Waals surface area contributed by atoms with Crippen molar-refractivity contribution in [1.82, 2.24) is 0 Å². The highest BCUT2D eigenvalue weighted by Gasteiger charge is 2.54. The number of aliphatic hydroxyl groups is 1. The van der Waals surface area contributed by atoms with E-state index in [0.29, 0.717) is 16.7 Å². The van der Waals surface area contributed by atoms with Crippen molar-refractivity contribution >= 4 is 0 Å². The standard InChI is InChI=1S/C19H28O3/c1-18-6-5-15-12-16(20)11-14(19(15,13-18)8-7-18)3-2-4-17-21-9-10-22-17/h5-6,11,15-17,20H,2-4,7-10,12-13H2,1H3/t15-,16-,18+,19-/m1/s1. The van der Waals surface area contributed by atoms with Crippen LogP contribution in [0.5, 0.6) is 0 Å². The van der Waals surface area contributed by atoms with Crippen molar-refractivity contribution in [3.8, 4) is 0 Å². The molecule has 3 heteroatoms. The van der Waals surface area contributed by atoms with Crippen molar-refractivity contribution in [1.29, 1.82) is 0 Å². The smallest absolute Gasteiger partial charge is 0.157 e. The lowest BCUT2D eigenvalue weighted by Gasteiger charge is -2.46. The monoisotopic (exact) mass is 304 g/mol. The van der Waals surface area contributed by atoms with Gasteiger partial charge in [0.05, 0.1) is 19.3 Å². The van der Waals surface area contributed by atoms with Crippen LogP contribution in [0.1, 0.15) is 51.9 Å². The molecule has 1 spiro atoms. The summed E-state index contributed by atoms with van der Waals surface area (Å²) in [4.78, 5) is 0. The predicted molar refractivity (Wildman–Crippen MR) is 85.3 cm³/mol. The van der Waals surface area contributed by atoms with Gasteiger partial charge in [0.1, 0.15) is 0 Å². The molecule has 1 saturated carbocycles. The van der Waals surface area contributed by atoms with E-state index in [2.05, 4.69) is 25.2 Å². The molecule has 3 nitrogen and oxygen atoms in total. The van der Waals surface area contributed by atoms with E-state index in [1.165, 1.54) is 24.8 Å². The second kappa shape index (κ2) is 5.47. The minimum absolute atomic E-state index is 0.00232. The van der Waals surface area contributed by atoms with Crippen LogP contribution in [0.15, 0.2) is 23.8 Å². The van der Waals surface area contributed by atoms with Gasteiger partial charge in [-0.15, -0.1) is 0 Å². The van der Waals surface area contributed by atoms with Crippen LogP contribution < -0.4 is 0 Å². The Morgan fingerprint density at radius 3 is 2.91 bits per heavy atom. The summed E-state index contributed by atoms with van der Waals surface area (Å²) in [6, 6.07) is 0. The highest BCUT2D eigenvalue weighted by Crippen LogP contribution is 2.64. The number of ether oxygens (including phenoxy) is 2. The average molecular weight is 304 g/mol. The van der Waals surface area contributed by atoms with Gasteiger partial charge in [0.15, 0.2) is 6.29 Å². The summed E-state index contributed by atoms with van der Waals surface area (Å²) in [7, 11) is 0. The number of allylic oxidation sites excluding steroid dienone is 3. The lowest BCUT2D eigenvalue weighted by atomic mass is 9.59. The third-order valence-corrected chi connectivity index (χ3v) is 6.41. The zero-order chi connectivity index (χ0) is 15.2. The molecule has 2 bridgehead atoms. The Bertz CT molecular complexity index is 491. The third kappa shape index (κ3) is 2.47. The first-order valence-electron chi connectivity index (χ1n) is 8.92. The number of hydrogen-bond donors (Lipinski definition) is 1. The molecule has 122 valence electrons. The summed E-state index contributed by atoms with van der Waals surface area (Å²) in [6.07, 6.45) is 14.7. The lowest BCUT2D eigenvalue weighted by Crippen LogP contribution is -2.38. The fourth-order valence-corrected chi connectivity index (χ4v) is 5.31. The summed E-state index contributed by atoms with van der Waals surface area (Å²) in [5, 5.41) is 10.3. The van der Waals surface area contributed by atoms with Crippen LogP contribution in [0, 0.1) is 16.7 Å². The molecular formula is C19H28O3. The summed E-state index contributed by atoms with van der Waals surface area (Å²) in [5.74, 6) is 0.539. The molecule has 4 atom stereocenters. The number of hydrogen-bond acceptors (Lipinski definition) is 3. The van der Waals surface area contributed by atoms with Crippen molar-refractivity contribution in [2.24, 2.45) is 16.7 Å². The molecule has 0 radical (unpaired) electrons. The van der Waals surface area contributed by atoms with Gasteiger partial charge >= 0.3 is 0 Å². The van der Waals surface area contributed by atoms with Gasteiger partial charge in [0, 0.05) is 0 Å². The van der Waals surface area contributed by atoms with Gasteiger partial charge in [0.2, 0.25) is 0 Å². The van der Waals surface area contributed by atoms with Crippen molar-refractivity contribution in [3.05, 3.63) is 23.8 Å². The SMILES string of the molecule is C[C@]12C=C[C@@H]3C[C@H](O)C=C(CCCC4OCCO4)[C@@]3(CC1)C2. The topological polar surface area (TPSA) is 38.7 Å². The van der Waals surface area contributed by atoms with Crippen LogP contribution in [-0.2, 0) is 9.47 Å². The average Bonchev–Trinajstić information content (AvgIpc) is 3.08. The summed E-state index contributed by atoms with van der Waals surface area (Å²) < 4.78 is 11.1. The van der Waals surface area contributed by atoms with Gasteiger partial charge in [-0.3, -0.25) is 0 Å². The Morgan fingerprint density at radius 1 is 1.27 bits per heavy atom. The van der Waals surface area contributed by atoms with Crippen molar-refractivity contribution < 1.29 is 14.6 Å². The Balaban J connectivity index is 1.48. The van der Waals surface area contributed by atoms with E-state index >= 15 is 0 Å². The second-order valence-electron chi connectivity index (χ2n) is 8.01. The predicted octanol–water partition coefficient (Wildman–Crippen LogP) is 3.58. The van der Waals surface area contributed by atoms with E-state index in [0.717, 1.165) is 38.9 Å². The van der Waals surface area contributed by atoms with Crippen molar-refractivity contribution in [3.63, 3.8) is 0 Å². The molecule has 0 aromatic rings. The van der Waals surface area contributed by atoms with Crippen LogP contribution in [0.2, 0.25) is 0 Å². The van der Waals surface area contributed by atoms with E-state index in [4.69, 9.17) is 9.47 Å². The maximum atomic E-state index is 10.3. The van der Waals surface area contributed by atoms with Gasteiger partial charge in [-0.05, 0) is 61.7 Å². The highest BCUT2D eigenvalue weighted by molar-refractivity contribution is 5.32. The maximum absolute atomic E-state index is 10.3. The molecule has 4 rings (SSSR count). The molecule has 3 aliphatic carbocycles. The number of fused-ring (bicyclic) bond motifs is 1. The Labute approximate surface area is 133 Å². The summed E-state index contributed by atoms with van der Waals surface area (Å²) >= 11 is 0. The lowest BCUT2D eigenvalue weighted by molar-refractivity contribution is -0.0479. The van der Waals surface area contributed by atoms with Gasteiger partial charge in [-0.25, -0.2) is 0 Å². The largest absolute Gasteiger partial charge is 0.389 e. The van der Waals surface area contributed by atoms with E-state index in [1.54, 1.807) is 0 Å². The van der Waals surface area contributed by atoms with Gasteiger partial charge in [0.25, 0.3) is 0 Å². The third-order valence-electron chi connectivity index (χ3n) is 6.41. The summed E-state index contributed by atoms with van der Waals surface area (Å²) in [6.45, 7) is 3.87. The number of rotatable bonds is 4. The molecule has 0 aromatic carbocycles. The summed E-state index contributed by atoms with van der Waals surface area (Å²) in [5.41, 5.74) is 2.23. The number of aliphatic hydroxyl groups excluding tert-OH is 1. The molecule has 1 saturated heterocycles. The molecule has 0 amide bonds. The molecule has 1 N–H and O–H groups in total. The molecule has 2 fully saturated rings. The molecule has 4 aliphatic rings. The van der Waals surface area contributed by atoms with Crippen LogP contribution in [-0.4, -0.2) is 30.7 Å². The quantitative estimate of drug-likeness (QED) is 0.807. The molecule has 1 heterocycles. The highest BCUT2D eigenvalue weighted by atomic mass is 16.7. The van der Waals surface area contributed by atoms with Crippen LogP contribution in [0.25, 0.3) is 0 Å². The zero-order valence-corrected chi connectivity index (χ0v) is 13.6. The second-order valence-corrected chi connectivity index (χ2v) is 8.01. The minimum atomic E-state index is -0.265. The van der Waals surface area contributed by atoms with Gasteiger partial charge in [-0.1, -0.05) is 30.7 Å². The molecular weight excluding hydrogens is 276 g/mol. The zero-order valence-electron chi connectivity index (χ0n) is 13.6. The molecule has 0 unspecified atom stereocenters. The van der Waals surface area contributed by atoms with Gasteiger partial charge in [-0.2, -0.15) is 0 Å². The minimum Gasteiger partial charge on any atom is -0.389 e. The first kappa shape index (κ1) is 14.9. The van der Waals surface area contributed by atoms with E-state index in [1.807, 2.05) is 0 Å². The Kier molecular flexibility index (Phi) is 3.71. The first-order valence-corrected chi connectivity index (χ1v) is 8.92. The first-order chi connectivity index (χ1) is 10.6. The molecule has 1 aliphatic heterocycles.